The van der Waals surface area contributed by atoms with Crippen LogP contribution in [0.3, 0.4) is 0 Å². The van der Waals surface area contributed by atoms with Crippen LogP contribution in [0.25, 0.3) is 10.9 Å². The van der Waals surface area contributed by atoms with Crippen molar-refractivity contribution in [2.75, 3.05) is 6.61 Å². The Morgan fingerprint density at radius 1 is 1.08 bits per heavy atom. The van der Waals surface area contributed by atoms with E-state index in [1.165, 1.54) is 0 Å². The van der Waals surface area contributed by atoms with Crippen LogP contribution >= 0.6 is 0 Å². The first kappa shape index (κ1) is 17.2. The number of aromatic amines is 1. The highest BCUT2D eigenvalue weighted by atomic mass is 19.2. The van der Waals surface area contributed by atoms with Crippen LogP contribution in [-0.4, -0.2) is 16.7 Å². The van der Waals surface area contributed by atoms with Crippen LogP contribution < -0.4 is 10.9 Å². The monoisotopic (exact) mass is 348 g/mol. The summed E-state index contributed by atoms with van der Waals surface area (Å²) in [6.45, 7) is -0.415. The zero-order valence-electron chi connectivity index (χ0n) is 13.0. The lowest BCUT2D eigenvalue weighted by Crippen LogP contribution is -2.27. The predicted molar refractivity (Wildman–Crippen MR) is 87.6 cm³/mol. The third kappa shape index (κ3) is 3.57. The molecule has 4 nitrogen and oxygen atoms in total. The number of para-hydroxylation sites is 1. The number of H-pyrrole nitrogens is 1. The fourth-order valence-electron chi connectivity index (χ4n) is 2.62. The smallest absolute Gasteiger partial charge is 0.252 e. The zero-order chi connectivity index (χ0) is 18.0. The molecule has 0 aliphatic rings. The van der Waals surface area contributed by atoms with Crippen LogP contribution in [0.1, 0.15) is 17.2 Å². The molecule has 0 bridgehead atoms. The minimum Gasteiger partial charge on any atom is -0.394 e. The van der Waals surface area contributed by atoms with E-state index >= 15 is 0 Å². The number of nitrogens with one attached hydrogen (secondary N) is 2. The van der Waals surface area contributed by atoms with Gasteiger partial charge < -0.3 is 15.4 Å². The van der Waals surface area contributed by atoms with Crippen molar-refractivity contribution in [3.05, 3.63) is 81.4 Å². The standard InChI is InChI=1S/C18H15F3N2O2/c19-13-6-11(7-14(20)17(13)21)16(9-24)22-8-12-5-10-3-1-2-4-15(10)23-18(12)25/h1-7,16,22,24H,8-9H2,(H,23,25). The van der Waals surface area contributed by atoms with Crippen molar-refractivity contribution in [3.63, 3.8) is 0 Å². The number of fused-ring (bicyclic) bond motifs is 1. The molecule has 130 valence electrons. The third-order valence-electron chi connectivity index (χ3n) is 3.96. The Kier molecular flexibility index (Phi) is 4.87. The molecule has 0 radical (unpaired) electrons. The number of aliphatic hydroxyl groups excluding tert-OH is 1. The van der Waals surface area contributed by atoms with Gasteiger partial charge in [0, 0.05) is 17.6 Å². The molecule has 0 saturated heterocycles. The van der Waals surface area contributed by atoms with Crippen molar-refractivity contribution in [2.45, 2.75) is 12.6 Å². The molecule has 0 aliphatic carbocycles. The van der Waals surface area contributed by atoms with Gasteiger partial charge in [0.2, 0.25) is 0 Å². The fraction of sp³-hybridized carbons (Fsp3) is 0.167. The van der Waals surface area contributed by atoms with E-state index in [-0.39, 0.29) is 17.7 Å². The maximum atomic E-state index is 13.4. The molecule has 3 N–H and O–H groups in total. The van der Waals surface area contributed by atoms with E-state index < -0.39 is 30.1 Å². The molecule has 0 fully saturated rings. The Balaban J connectivity index is 1.84. The quantitative estimate of drug-likeness (QED) is 0.621. The predicted octanol–water partition coefficient (Wildman–Crippen LogP) is 2.77. The van der Waals surface area contributed by atoms with Gasteiger partial charge in [-0.3, -0.25) is 4.79 Å². The SMILES string of the molecule is O=c1[nH]c2ccccc2cc1CNC(CO)c1cc(F)c(F)c(F)c1. The van der Waals surface area contributed by atoms with Crippen molar-refractivity contribution < 1.29 is 18.3 Å². The first-order chi connectivity index (χ1) is 12.0. The van der Waals surface area contributed by atoms with E-state index in [4.69, 9.17) is 0 Å². The van der Waals surface area contributed by atoms with E-state index in [1.54, 1.807) is 18.2 Å². The third-order valence-corrected chi connectivity index (χ3v) is 3.96. The van der Waals surface area contributed by atoms with E-state index in [0.29, 0.717) is 11.1 Å². The van der Waals surface area contributed by atoms with Crippen LogP contribution in [0, 0.1) is 17.5 Å². The molecule has 0 spiro atoms. The zero-order valence-corrected chi connectivity index (χ0v) is 13.0. The van der Waals surface area contributed by atoms with Gasteiger partial charge in [-0.1, -0.05) is 18.2 Å². The van der Waals surface area contributed by atoms with Gasteiger partial charge in [-0.05, 0) is 35.2 Å². The molecule has 3 aromatic rings. The number of pyridine rings is 1. The Hall–Kier alpha value is -2.64. The first-order valence-corrected chi connectivity index (χ1v) is 7.59. The molecule has 3 rings (SSSR count). The second kappa shape index (κ2) is 7.08. The molecule has 2 aromatic carbocycles. The minimum absolute atomic E-state index is 0.0520. The molecule has 1 aromatic heterocycles. The minimum atomic E-state index is -1.56. The number of halogens is 3. The highest BCUT2D eigenvalue weighted by molar-refractivity contribution is 5.78. The van der Waals surface area contributed by atoms with Crippen LogP contribution in [0.15, 0.2) is 47.3 Å². The number of aliphatic hydroxyl groups is 1. The molecule has 1 unspecified atom stereocenters. The summed E-state index contributed by atoms with van der Waals surface area (Å²) in [4.78, 5) is 14.8. The summed E-state index contributed by atoms with van der Waals surface area (Å²) in [6.07, 6.45) is 0. The summed E-state index contributed by atoms with van der Waals surface area (Å²) in [5.74, 6) is -4.23. The lowest BCUT2D eigenvalue weighted by molar-refractivity contribution is 0.242. The first-order valence-electron chi connectivity index (χ1n) is 7.59. The topological polar surface area (TPSA) is 65.1 Å². The van der Waals surface area contributed by atoms with Crippen LogP contribution in [0.2, 0.25) is 0 Å². The van der Waals surface area contributed by atoms with Crippen LogP contribution in [0.4, 0.5) is 13.2 Å². The Morgan fingerprint density at radius 2 is 1.76 bits per heavy atom. The maximum Gasteiger partial charge on any atom is 0.252 e. The maximum absolute atomic E-state index is 13.4. The van der Waals surface area contributed by atoms with Gasteiger partial charge >= 0.3 is 0 Å². The number of hydrogen-bond acceptors (Lipinski definition) is 3. The molecule has 25 heavy (non-hydrogen) atoms. The lowest BCUT2D eigenvalue weighted by Gasteiger charge is -2.17. The molecule has 0 amide bonds. The van der Waals surface area contributed by atoms with Gasteiger partial charge in [-0.25, -0.2) is 13.2 Å². The molecule has 0 aliphatic heterocycles. The Morgan fingerprint density at radius 3 is 2.44 bits per heavy atom. The largest absolute Gasteiger partial charge is 0.394 e. The molecular formula is C18H15F3N2O2. The normalized spacial score (nSPS) is 12.5. The van der Waals surface area contributed by atoms with Gasteiger partial charge in [-0.15, -0.1) is 0 Å². The van der Waals surface area contributed by atoms with Crippen molar-refractivity contribution in [1.29, 1.82) is 0 Å². The van der Waals surface area contributed by atoms with E-state index in [9.17, 15) is 23.1 Å². The number of hydrogen-bond donors (Lipinski definition) is 3. The van der Waals surface area contributed by atoms with Gasteiger partial charge in [0.25, 0.3) is 5.56 Å². The summed E-state index contributed by atoms with van der Waals surface area (Å²) in [6, 6.07) is 9.72. The highest BCUT2D eigenvalue weighted by Gasteiger charge is 2.17. The second-order valence-electron chi connectivity index (χ2n) is 5.63. The van der Waals surface area contributed by atoms with Gasteiger partial charge in [0.1, 0.15) is 0 Å². The summed E-state index contributed by atoms with van der Waals surface area (Å²) in [5.41, 5.74) is 0.841. The molecular weight excluding hydrogens is 333 g/mol. The molecule has 1 atom stereocenters. The van der Waals surface area contributed by atoms with Crippen LogP contribution in [0.5, 0.6) is 0 Å². The van der Waals surface area contributed by atoms with Gasteiger partial charge in [0.05, 0.1) is 12.6 Å². The lowest BCUT2D eigenvalue weighted by atomic mass is 10.1. The average Bonchev–Trinajstić information content (AvgIpc) is 2.60. The summed E-state index contributed by atoms with van der Waals surface area (Å²) >= 11 is 0. The average molecular weight is 348 g/mol. The summed E-state index contributed by atoms with van der Waals surface area (Å²) in [5, 5.41) is 13.1. The van der Waals surface area contributed by atoms with Gasteiger partial charge in [0.15, 0.2) is 17.5 Å². The molecule has 0 saturated carbocycles. The van der Waals surface area contributed by atoms with Crippen molar-refractivity contribution >= 4 is 10.9 Å². The van der Waals surface area contributed by atoms with Crippen LogP contribution in [-0.2, 0) is 6.54 Å². The number of aromatic nitrogens is 1. The summed E-state index contributed by atoms with van der Waals surface area (Å²) < 4.78 is 39.8. The Bertz CT molecular complexity index is 949. The van der Waals surface area contributed by atoms with E-state index in [2.05, 4.69) is 10.3 Å². The van der Waals surface area contributed by atoms with E-state index in [1.807, 2.05) is 12.1 Å². The van der Waals surface area contributed by atoms with Gasteiger partial charge in [-0.2, -0.15) is 0 Å². The summed E-state index contributed by atoms with van der Waals surface area (Å²) in [7, 11) is 0. The van der Waals surface area contributed by atoms with Crippen molar-refractivity contribution in [3.8, 4) is 0 Å². The highest BCUT2D eigenvalue weighted by Crippen LogP contribution is 2.20. The van der Waals surface area contributed by atoms with E-state index in [0.717, 1.165) is 17.5 Å². The molecule has 1 heterocycles. The van der Waals surface area contributed by atoms with Crippen molar-refractivity contribution in [1.82, 2.24) is 10.3 Å². The fourth-order valence-corrected chi connectivity index (χ4v) is 2.62. The number of rotatable bonds is 5. The Labute approximate surface area is 140 Å². The molecule has 7 heteroatoms. The van der Waals surface area contributed by atoms with Crippen molar-refractivity contribution in [2.24, 2.45) is 0 Å². The number of benzene rings is 2. The second-order valence-corrected chi connectivity index (χ2v) is 5.63.